The number of hydrogen-bond acceptors (Lipinski definition) is 2. The number of hydrogen-bond donors (Lipinski definition) is 1. The van der Waals surface area contributed by atoms with Crippen LogP contribution >= 0.6 is 0 Å². The van der Waals surface area contributed by atoms with Crippen molar-refractivity contribution in [3.8, 4) is 0 Å². The van der Waals surface area contributed by atoms with Crippen molar-refractivity contribution < 1.29 is 0 Å². The second kappa shape index (κ2) is 3.45. The van der Waals surface area contributed by atoms with Crippen molar-refractivity contribution in [2.45, 2.75) is 13.8 Å². The lowest BCUT2D eigenvalue weighted by Gasteiger charge is -2.05. The Morgan fingerprint density at radius 1 is 0.882 bits per heavy atom. The highest BCUT2D eigenvalue weighted by Crippen LogP contribution is 2.24. The van der Waals surface area contributed by atoms with Crippen molar-refractivity contribution >= 4 is 27.5 Å². The number of anilines is 1. The third-order valence-corrected chi connectivity index (χ3v) is 3.15. The van der Waals surface area contributed by atoms with E-state index in [1.54, 1.807) is 0 Å². The fourth-order valence-electron chi connectivity index (χ4n) is 2.13. The monoisotopic (exact) mass is 222 g/mol. The number of rotatable bonds is 0. The third-order valence-electron chi connectivity index (χ3n) is 3.15. The first kappa shape index (κ1) is 10.1. The quantitative estimate of drug-likeness (QED) is 0.466. The Bertz CT molecular complexity index is 730. The Kier molecular flexibility index (Phi) is 2.05. The largest absolute Gasteiger partial charge is 0.398 e. The number of fused-ring (bicyclic) bond motifs is 2. The normalized spacial score (nSPS) is 11.2. The van der Waals surface area contributed by atoms with Crippen LogP contribution < -0.4 is 5.73 Å². The predicted molar refractivity (Wildman–Crippen MR) is 73.1 cm³/mol. The average Bonchev–Trinajstić information content (AvgIpc) is 2.28. The number of aromatic nitrogens is 1. The predicted octanol–water partition coefficient (Wildman–Crippen LogP) is 3.59. The van der Waals surface area contributed by atoms with Gasteiger partial charge in [0.25, 0.3) is 0 Å². The molecule has 0 aliphatic rings. The first-order valence-electron chi connectivity index (χ1n) is 5.71. The summed E-state index contributed by atoms with van der Waals surface area (Å²) in [5, 5.41) is 2.27. The van der Waals surface area contributed by atoms with Crippen LogP contribution in [0.15, 0.2) is 36.4 Å². The first-order valence-corrected chi connectivity index (χ1v) is 5.71. The van der Waals surface area contributed by atoms with E-state index in [9.17, 15) is 0 Å². The number of nitrogens with two attached hydrogens (primary N) is 1. The zero-order valence-electron chi connectivity index (χ0n) is 9.99. The molecule has 1 heterocycles. The molecule has 2 nitrogen and oxygen atoms in total. The molecule has 1 aromatic heterocycles. The van der Waals surface area contributed by atoms with Crippen LogP contribution in [-0.4, -0.2) is 4.98 Å². The van der Waals surface area contributed by atoms with E-state index >= 15 is 0 Å². The molecule has 3 rings (SSSR count). The van der Waals surface area contributed by atoms with Crippen molar-refractivity contribution in [2.24, 2.45) is 0 Å². The van der Waals surface area contributed by atoms with Crippen molar-refractivity contribution in [3.05, 3.63) is 47.5 Å². The van der Waals surface area contributed by atoms with E-state index in [1.165, 1.54) is 10.9 Å². The zero-order valence-corrected chi connectivity index (χ0v) is 9.99. The van der Waals surface area contributed by atoms with Crippen LogP contribution in [0, 0.1) is 13.8 Å². The van der Waals surface area contributed by atoms with Crippen LogP contribution in [0.5, 0.6) is 0 Å². The van der Waals surface area contributed by atoms with E-state index in [-0.39, 0.29) is 0 Å². The Balaban J connectivity index is 2.43. The van der Waals surface area contributed by atoms with Gasteiger partial charge in [-0.15, -0.1) is 0 Å². The molecule has 0 aliphatic heterocycles. The van der Waals surface area contributed by atoms with Crippen LogP contribution in [-0.2, 0) is 0 Å². The van der Waals surface area contributed by atoms with Gasteiger partial charge in [0.2, 0.25) is 0 Å². The summed E-state index contributed by atoms with van der Waals surface area (Å²) in [6.45, 7) is 4.10. The molecule has 2 N–H and O–H groups in total. The van der Waals surface area contributed by atoms with Crippen LogP contribution in [0.1, 0.15) is 11.1 Å². The topological polar surface area (TPSA) is 38.9 Å². The minimum absolute atomic E-state index is 0.825. The molecular weight excluding hydrogens is 208 g/mol. The highest BCUT2D eigenvalue weighted by atomic mass is 14.7. The number of aryl methyl sites for hydroxylation is 2. The summed E-state index contributed by atoms with van der Waals surface area (Å²) in [6, 6.07) is 12.5. The van der Waals surface area contributed by atoms with Crippen molar-refractivity contribution in [3.63, 3.8) is 0 Å². The SMILES string of the molecule is Cc1ccc2nc3cc(C)c(N)cc3cc2c1. The van der Waals surface area contributed by atoms with E-state index in [0.29, 0.717) is 0 Å². The summed E-state index contributed by atoms with van der Waals surface area (Å²) < 4.78 is 0. The summed E-state index contributed by atoms with van der Waals surface area (Å²) in [5.41, 5.74) is 11.1. The van der Waals surface area contributed by atoms with E-state index < -0.39 is 0 Å². The third kappa shape index (κ3) is 1.62. The molecule has 0 fully saturated rings. The first-order chi connectivity index (χ1) is 8.13. The second-order valence-corrected chi connectivity index (χ2v) is 4.59. The molecule has 0 amide bonds. The molecule has 0 spiro atoms. The average molecular weight is 222 g/mol. The Hall–Kier alpha value is -2.09. The van der Waals surface area contributed by atoms with E-state index in [0.717, 1.165) is 27.7 Å². The molecule has 0 unspecified atom stereocenters. The number of pyridine rings is 1. The lowest BCUT2D eigenvalue weighted by molar-refractivity contribution is 1.43. The maximum Gasteiger partial charge on any atom is 0.0713 e. The highest BCUT2D eigenvalue weighted by molar-refractivity contribution is 5.94. The summed E-state index contributed by atoms with van der Waals surface area (Å²) >= 11 is 0. The molecule has 84 valence electrons. The molecule has 3 aromatic rings. The van der Waals surface area contributed by atoms with Gasteiger partial charge in [0.05, 0.1) is 11.0 Å². The number of nitrogen functional groups attached to an aromatic ring is 1. The van der Waals surface area contributed by atoms with Crippen LogP contribution in [0.4, 0.5) is 5.69 Å². The van der Waals surface area contributed by atoms with Crippen molar-refractivity contribution in [1.82, 2.24) is 4.98 Å². The lowest BCUT2D eigenvalue weighted by Crippen LogP contribution is -1.91. The standard InChI is InChI=1S/C15H14N2/c1-9-3-4-14-11(5-9)7-12-8-13(16)10(2)6-15(12)17-14/h3-8H,16H2,1-2H3. The van der Waals surface area contributed by atoms with Crippen LogP contribution in [0.2, 0.25) is 0 Å². The fraction of sp³-hybridized carbons (Fsp3) is 0.133. The molecule has 0 saturated carbocycles. The molecular formula is C15H14N2. The fourth-order valence-corrected chi connectivity index (χ4v) is 2.13. The minimum atomic E-state index is 0.825. The van der Waals surface area contributed by atoms with E-state index in [4.69, 9.17) is 5.73 Å². The van der Waals surface area contributed by atoms with Crippen LogP contribution in [0.3, 0.4) is 0 Å². The van der Waals surface area contributed by atoms with Gasteiger partial charge in [0.1, 0.15) is 0 Å². The summed E-state index contributed by atoms with van der Waals surface area (Å²) in [7, 11) is 0. The summed E-state index contributed by atoms with van der Waals surface area (Å²) in [4.78, 5) is 4.67. The maximum atomic E-state index is 5.93. The molecule has 2 aromatic carbocycles. The maximum absolute atomic E-state index is 5.93. The molecule has 0 aliphatic carbocycles. The minimum Gasteiger partial charge on any atom is -0.398 e. The van der Waals surface area contributed by atoms with Gasteiger partial charge in [-0.05, 0) is 49.7 Å². The number of benzene rings is 2. The van der Waals surface area contributed by atoms with Gasteiger partial charge in [0, 0.05) is 16.5 Å². The van der Waals surface area contributed by atoms with Crippen molar-refractivity contribution in [2.75, 3.05) is 5.73 Å². The molecule has 2 heteroatoms. The lowest BCUT2D eigenvalue weighted by atomic mass is 10.1. The Labute approximate surface area is 100 Å². The van der Waals surface area contributed by atoms with Crippen molar-refractivity contribution in [1.29, 1.82) is 0 Å². The molecule has 0 saturated heterocycles. The van der Waals surface area contributed by atoms with E-state index in [2.05, 4.69) is 36.2 Å². The van der Waals surface area contributed by atoms with Gasteiger partial charge in [-0.1, -0.05) is 11.6 Å². The van der Waals surface area contributed by atoms with Gasteiger partial charge in [-0.25, -0.2) is 4.98 Å². The van der Waals surface area contributed by atoms with Crippen LogP contribution in [0.25, 0.3) is 21.8 Å². The van der Waals surface area contributed by atoms with Gasteiger partial charge < -0.3 is 5.73 Å². The zero-order chi connectivity index (χ0) is 12.0. The Morgan fingerprint density at radius 2 is 1.65 bits per heavy atom. The second-order valence-electron chi connectivity index (χ2n) is 4.59. The van der Waals surface area contributed by atoms with Gasteiger partial charge in [-0.3, -0.25) is 0 Å². The molecule has 0 radical (unpaired) electrons. The number of nitrogens with zero attached hydrogens (tertiary/aromatic N) is 1. The Morgan fingerprint density at radius 3 is 2.47 bits per heavy atom. The highest BCUT2D eigenvalue weighted by Gasteiger charge is 2.02. The molecule has 17 heavy (non-hydrogen) atoms. The van der Waals surface area contributed by atoms with Gasteiger partial charge >= 0.3 is 0 Å². The summed E-state index contributed by atoms with van der Waals surface area (Å²) in [5.74, 6) is 0. The molecule has 0 bridgehead atoms. The van der Waals surface area contributed by atoms with Gasteiger partial charge in [0.15, 0.2) is 0 Å². The van der Waals surface area contributed by atoms with Gasteiger partial charge in [-0.2, -0.15) is 0 Å². The van der Waals surface area contributed by atoms with E-state index in [1.807, 2.05) is 19.1 Å². The summed E-state index contributed by atoms with van der Waals surface area (Å²) in [6.07, 6.45) is 0. The smallest absolute Gasteiger partial charge is 0.0713 e. The molecule has 0 atom stereocenters.